The van der Waals surface area contributed by atoms with Gasteiger partial charge in [-0.25, -0.2) is 4.98 Å². The van der Waals surface area contributed by atoms with Crippen LogP contribution in [0.15, 0.2) is 47.5 Å². The lowest BCUT2D eigenvalue weighted by Gasteiger charge is -2.40. The number of hydrogen-bond donors (Lipinski definition) is 1. The highest BCUT2D eigenvalue weighted by Crippen LogP contribution is 2.43. The molecule has 1 atom stereocenters. The Bertz CT molecular complexity index is 1090. The van der Waals surface area contributed by atoms with Gasteiger partial charge in [0.1, 0.15) is 5.82 Å². The minimum Gasteiger partial charge on any atom is -0.306 e. The Hall–Kier alpha value is -2.86. The van der Waals surface area contributed by atoms with E-state index in [0.29, 0.717) is 5.82 Å². The van der Waals surface area contributed by atoms with Crippen molar-refractivity contribution in [3.8, 4) is 11.4 Å². The van der Waals surface area contributed by atoms with Crippen LogP contribution in [0.4, 0.5) is 0 Å². The molecule has 3 aromatic rings. The molecule has 1 aliphatic heterocycles. The number of fused-ring (bicyclic) bond motifs is 2. The molecule has 5 rings (SSSR count). The van der Waals surface area contributed by atoms with Gasteiger partial charge < -0.3 is 4.98 Å². The summed E-state index contributed by atoms with van der Waals surface area (Å²) in [4.78, 5) is 32.1. The molecular formula is C23H25N5O. The Morgan fingerprint density at radius 2 is 2.10 bits per heavy atom. The normalized spacial score (nSPS) is 21.4. The van der Waals surface area contributed by atoms with E-state index in [1.165, 1.54) is 0 Å². The topological polar surface area (TPSA) is 74.8 Å². The maximum absolute atomic E-state index is 12.8. The smallest absolute Gasteiger partial charge is 0.254 e. The number of rotatable bonds is 3. The number of aromatic amines is 1. The van der Waals surface area contributed by atoms with Crippen molar-refractivity contribution >= 4 is 0 Å². The number of nitrogens with zero attached hydrogens (tertiary/aromatic N) is 4. The van der Waals surface area contributed by atoms with E-state index in [-0.39, 0.29) is 11.0 Å². The fourth-order valence-electron chi connectivity index (χ4n) is 4.97. The molecule has 6 heteroatoms. The second kappa shape index (κ2) is 7.19. The number of nitrogens with one attached hydrogen (secondary N) is 1. The van der Waals surface area contributed by atoms with Crippen molar-refractivity contribution in [3.63, 3.8) is 0 Å². The number of aryl methyl sites for hydroxylation is 1. The quantitative estimate of drug-likeness (QED) is 0.748. The molecule has 1 N–H and O–H groups in total. The molecule has 0 radical (unpaired) electrons. The van der Waals surface area contributed by atoms with E-state index in [2.05, 4.69) is 32.0 Å². The molecule has 3 aromatic heterocycles. The number of aromatic nitrogens is 4. The summed E-state index contributed by atoms with van der Waals surface area (Å²) in [6.07, 6.45) is 7.48. The van der Waals surface area contributed by atoms with E-state index in [1.54, 1.807) is 12.4 Å². The molecular weight excluding hydrogens is 362 g/mol. The van der Waals surface area contributed by atoms with Crippen molar-refractivity contribution in [2.24, 2.45) is 0 Å². The van der Waals surface area contributed by atoms with Crippen LogP contribution in [0, 0.1) is 6.92 Å². The van der Waals surface area contributed by atoms with E-state index in [4.69, 9.17) is 4.98 Å². The Morgan fingerprint density at radius 1 is 1.17 bits per heavy atom. The van der Waals surface area contributed by atoms with E-state index in [9.17, 15) is 4.79 Å². The largest absolute Gasteiger partial charge is 0.306 e. The predicted octanol–water partition coefficient (Wildman–Crippen LogP) is 3.02. The van der Waals surface area contributed by atoms with Gasteiger partial charge in [-0.1, -0.05) is 6.07 Å². The summed E-state index contributed by atoms with van der Waals surface area (Å²) in [7, 11) is 0. The molecule has 2 aliphatic rings. The SMILES string of the molecule is Cc1cccc(CN2CCCC3(CCc4c3nc(-c3cccnc3)[nH]c4=O)C2)n1. The summed E-state index contributed by atoms with van der Waals surface area (Å²) >= 11 is 0. The third kappa shape index (κ3) is 3.38. The van der Waals surface area contributed by atoms with Gasteiger partial charge in [-0.15, -0.1) is 0 Å². The number of pyridine rings is 2. The van der Waals surface area contributed by atoms with Gasteiger partial charge in [0.05, 0.1) is 11.4 Å². The first-order valence-electron chi connectivity index (χ1n) is 10.3. The summed E-state index contributed by atoms with van der Waals surface area (Å²) in [5, 5.41) is 0. The molecule has 0 bridgehead atoms. The van der Waals surface area contributed by atoms with Crippen LogP contribution >= 0.6 is 0 Å². The van der Waals surface area contributed by atoms with Gasteiger partial charge in [0, 0.05) is 47.7 Å². The second-order valence-corrected chi connectivity index (χ2v) is 8.35. The maximum Gasteiger partial charge on any atom is 0.254 e. The number of likely N-dealkylation sites (tertiary alicyclic amines) is 1. The summed E-state index contributed by atoms with van der Waals surface area (Å²) in [5.74, 6) is 0.626. The summed E-state index contributed by atoms with van der Waals surface area (Å²) in [6.45, 7) is 4.87. The van der Waals surface area contributed by atoms with Crippen molar-refractivity contribution in [3.05, 3.63) is 75.7 Å². The number of H-pyrrole nitrogens is 1. The lowest BCUT2D eigenvalue weighted by atomic mass is 9.77. The average molecular weight is 387 g/mol. The zero-order valence-corrected chi connectivity index (χ0v) is 16.7. The molecule has 1 fully saturated rings. The molecule has 4 heterocycles. The van der Waals surface area contributed by atoms with Gasteiger partial charge in [0.15, 0.2) is 0 Å². The molecule has 1 saturated heterocycles. The minimum atomic E-state index is -0.0391. The molecule has 0 saturated carbocycles. The number of piperidine rings is 1. The zero-order valence-electron chi connectivity index (χ0n) is 16.7. The van der Waals surface area contributed by atoms with Crippen LogP contribution in [0.3, 0.4) is 0 Å². The van der Waals surface area contributed by atoms with Crippen LogP contribution in [0.5, 0.6) is 0 Å². The van der Waals surface area contributed by atoms with Gasteiger partial charge in [-0.2, -0.15) is 0 Å². The zero-order chi connectivity index (χ0) is 19.8. The van der Waals surface area contributed by atoms with Crippen molar-refractivity contribution in [1.82, 2.24) is 24.8 Å². The van der Waals surface area contributed by atoms with Crippen LogP contribution in [0.2, 0.25) is 0 Å². The van der Waals surface area contributed by atoms with Crippen LogP contribution in [-0.4, -0.2) is 37.9 Å². The highest BCUT2D eigenvalue weighted by Gasteiger charge is 2.44. The van der Waals surface area contributed by atoms with E-state index in [0.717, 1.165) is 73.5 Å². The van der Waals surface area contributed by atoms with E-state index >= 15 is 0 Å². The third-order valence-corrected chi connectivity index (χ3v) is 6.29. The van der Waals surface area contributed by atoms with Crippen LogP contribution < -0.4 is 5.56 Å². The Kier molecular flexibility index (Phi) is 4.51. The number of hydrogen-bond acceptors (Lipinski definition) is 5. The highest BCUT2D eigenvalue weighted by molar-refractivity contribution is 5.54. The summed E-state index contributed by atoms with van der Waals surface area (Å²) < 4.78 is 0. The third-order valence-electron chi connectivity index (χ3n) is 6.29. The van der Waals surface area contributed by atoms with Crippen molar-refractivity contribution in [2.75, 3.05) is 13.1 Å². The molecule has 6 nitrogen and oxygen atoms in total. The average Bonchev–Trinajstić information content (AvgIpc) is 3.07. The van der Waals surface area contributed by atoms with Gasteiger partial charge in [0.25, 0.3) is 5.56 Å². The monoisotopic (exact) mass is 387 g/mol. The van der Waals surface area contributed by atoms with Gasteiger partial charge in [0.2, 0.25) is 0 Å². The summed E-state index contributed by atoms with van der Waals surface area (Å²) in [5.41, 5.74) is 4.84. The first-order valence-corrected chi connectivity index (χ1v) is 10.3. The van der Waals surface area contributed by atoms with Crippen LogP contribution in [-0.2, 0) is 18.4 Å². The lowest BCUT2D eigenvalue weighted by Crippen LogP contribution is -2.45. The highest BCUT2D eigenvalue weighted by atomic mass is 16.1. The van der Waals surface area contributed by atoms with E-state index < -0.39 is 0 Å². The first-order chi connectivity index (χ1) is 14.1. The van der Waals surface area contributed by atoms with Crippen molar-refractivity contribution in [2.45, 2.75) is 44.6 Å². The minimum absolute atomic E-state index is 0.00297. The Morgan fingerprint density at radius 3 is 2.93 bits per heavy atom. The van der Waals surface area contributed by atoms with E-state index in [1.807, 2.05) is 25.1 Å². The molecule has 1 spiro atoms. The van der Waals surface area contributed by atoms with Crippen LogP contribution in [0.1, 0.15) is 41.9 Å². The molecule has 0 aromatic carbocycles. The molecule has 0 amide bonds. The first kappa shape index (κ1) is 18.2. The van der Waals surface area contributed by atoms with Crippen molar-refractivity contribution in [1.29, 1.82) is 0 Å². The maximum atomic E-state index is 12.8. The molecule has 1 unspecified atom stereocenters. The lowest BCUT2D eigenvalue weighted by molar-refractivity contribution is 0.135. The summed E-state index contributed by atoms with van der Waals surface area (Å²) in [6, 6.07) is 10.0. The van der Waals surface area contributed by atoms with Gasteiger partial charge in [-0.05, 0) is 63.4 Å². The molecule has 148 valence electrons. The Labute approximate surface area is 170 Å². The Balaban J connectivity index is 1.48. The molecule has 1 aliphatic carbocycles. The fraction of sp³-hybridized carbons (Fsp3) is 0.391. The standard InChI is InChI=1S/C23H25N5O/c1-16-5-2-7-18(25-16)14-28-12-4-9-23(15-28)10-8-19-20(23)26-21(27-22(19)29)17-6-3-11-24-13-17/h2-3,5-7,11,13H,4,8-10,12,14-15H2,1H3,(H,26,27,29). The van der Waals surface area contributed by atoms with Crippen LogP contribution in [0.25, 0.3) is 11.4 Å². The van der Waals surface area contributed by atoms with Crippen molar-refractivity contribution < 1.29 is 0 Å². The fourth-order valence-corrected chi connectivity index (χ4v) is 4.97. The van der Waals surface area contributed by atoms with Gasteiger partial charge >= 0.3 is 0 Å². The molecule has 29 heavy (non-hydrogen) atoms. The van der Waals surface area contributed by atoms with Gasteiger partial charge in [-0.3, -0.25) is 19.7 Å². The predicted molar refractivity (Wildman–Crippen MR) is 112 cm³/mol. The second-order valence-electron chi connectivity index (χ2n) is 8.35.